The van der Waals surface area contributed by atoms with Crippen LogP contribution in [0.1, 0.15) is 29.5 Å². The number of nitrogens with two attached hydrogens (primary N) is 1. The van der Waals surface area contributed by atoms with Crippen molar-refractivity contribution in [2.24, 2.45) is 10.8 Å². The Hall–Kier alpha value is -3.28. The summed E-state index contributed by atoms with van der Waals surface area (Å²) in [5.74, 6) is -1.11. The molecule has 0 spiro atoms. The van der Waals surface area contributed by atoms with Crippen molar-refractivity contribution in [3.05, 3.63) is 95.3 Å². The summed E-state index contributed by atoms with van der Waals surface area (Å²) in [6.45, 7) is 0.452. The zero-order valence-electron chi connectivity index (χ0n) is 16.5. The van der Waals surface area contributed by atoms with Gasteiger partial charge in [0.25, 0.3) is 0 Å². The SMILES string of the molecule is N#Cc1cnccc1N1N=C(c2cc(F)ccc2F)SC1(CCCN)c1ccccc1. The van der Waals surface area contributed by atoms with Crippen LogP contribution < -0.4 is 10.7 Å². The van der Waals surface area contributed by atoms with Crippen molar-refractivity contribution in [1.82, 2.24) is 4.98 Å². The predicted molar refractivity (Wildman–Crippen MR) is 118 cm³/mol. The van der Waals surface area contributed by atoms with Gasteiger partial charge in [-0.1, -0.05) is 42.1 Å². The normalized spacial score (nSPS) is 18.0. The number of hydrogen-bond donors (Lipinski definition) is 1. The van der Waals surface area contributed by atoms with Gasteiger partial charge in [0.15, 0.2) is 0 Å². The second kappa shape index (κ2) is 8.84. The summed E-state index contributed by atoms with van der Waals surface area (Å²) in [7, 11) is 0. The number of pyridine rings is 1. The first-order chi connectivity index (χ1) is 15.1. The zero-order chi connectivity index (χ0) is 21.8. The van der Waals surface area contributed by atoms with Crippen LogP contribution in [0.25, 0.3) is 0 Å². The highest BCUT2D eigenvalue weighted by Gasteiger charge is 2.47. The van der Waals surface area contributed by atoms with Crippen LogP contribution in [0.5, 0.6) is 0 Å². The molecule has 1 aliphatic rings. The fraction of sp³-hybridized carbons (Fsp3) is 0.174. The number of nitrogens with zero attached hydrogens (tertiary/aromatic N) is 4. The maximum Gasteiger partial charge on any atom is 0.139 e. The van der Waals surface area contributed by atoms with Crippen LogP contribution in [0.4, 0.5) is 14.5 Å². The molecule has 1 aliphatic heterocycles. The molecule has 0 bridgehead atoms. The van der Waals surface area contributed by atoms with Crippen molar-refractivity contribution >= 4 is 22.5 Å². The third-order valence-corrected chi connectivity index (χ3v) is 6.49. The first kappa shape index (κ1) is 21.0. The molecule has 156 valence electrons. The number of hydrazone groups is 1. The first-order valence-electron chi connectivity index (χ1n) is 9.72. The highest BCUT2D eigenvalue weighted by atomic mass is 32.2. The van der Waals surface area contributed by atoms with Crippen molar-refractivity contribution in [3.8, 4) is 6.07 Å². The molecule has 1 unspecified atom stereocenters. The molecule has 0 radical (unpaired) electrons. The van der Waals surface area contributed by atoms with Gasteiger partial charge in [-0.05, 0) is 49.2 Å². The Morgan fingerprint density at radius 2 is 1.94 bits per heavy atom. The minimum absolute atomic E-state index is 0.0770. The van der Waals surface area contributed by atoms with Crippen molar-refractivity contribution < 1.29 is 8.78 Å². The van der Waals surface area contributed by atoms with Gasteiger partial charge in [-0.3, -0.25) is 4.98 Å². The van der Waals surface area contributed by atoms with Gasteiger partial charge in [0.05, 0.1) is 11.3 Å². The largest absolute Gasteiger partial charge is 0.330 e. The van der Waals surface area contributed by atoms with E-state index in [0.717, 1.165) is 23.8 Å². The molecule has 2 aromatic carbocycles. The molecule has 0 saturated heterocycles. The second-order valence-electron chi connectivity index (χ2n) is 6.99. The van der Waals surface area contributed by atoms with E-state index in [-0.39, 0.29) is 5.56 Å². The Labute approximate surface area is 183 Å². The van der Waals surface area contributed by atoms with Gasteiger partial charge >= 0.3 is 0 Å². The van der Waals surface area contributed by atoms with E-state index in [9.17, 15) is 14.0 Å². The van der Waals surface area contributed by atoms with Crippen LogP contribution in [0.2, 0.25) is 0 Å². The molecule has 31 heavy (non-hydrogen) atoms. The molecular formula is C23H19F2N5S. The van der Waals surface area contributed by atoms with Crippen LogP contribution >= 0.6 is 11.8 Å². The lowest BCUT2D eigenvalue weighted by Crippen LogP contribution is -2.38. The van der Waals surface area contributed by atoms with E-state index in [1.807, 2.05) is 30.3 Å². The van der Waals surface area contributed by atoms with E-state index >= 15 is 0 Å². The zero-order valence-corrected chi connectivity index (χ0v) is 17.3. The van der Waals surface area contributed by atoms with Gasteiger partial charge < -0.3 is 5.73 Å². The third kappa shape index (κ3) is 3.90. The second-order valence-corrected chi connectivity index (χ2v) is 8.26. The Morgan fingerprint density at radius 1 is 1.13 bits per heavy atom. The number of aromatic nitrogens is 1. The van der Waals surface area contributed by atoms with E-state index in [4.69, 9.17) is 10.8 Å². The molecule has 2 heterocycles. The topological polar surface area (TPSA) is 78.3 Å². The summed E-state index contributed by atoms with van der Waals surface area (Å²) in [6.07, 6.45) is 4.29. The molecule has 1 atom stereocenters. The van der Waals surface area contributed by atoms with Crippen molar-refractivity contribution in [2.45, 2.75) is 17.7 Å². The van der Waals surface area contributed by atoms with Gasteiger partial charge in [0.1, 0.15) is 27.6 Å². The molecule has 0 fully saturated rings. The van der Waals surface area contributed by atoms with Gasteiger partial charge in [0, 0.05) is 18.0 Å². The number of hydrogen-bond acceptors (Lipinski definition) is 6. The van der Waals surface area contributed by atoms with Crippen LogP contribution in [0.3, 0.4) is 0 Å². The Kier molecular flexibility index (Phi) is 5.98. The van der Waals surface area contributed by atoms with E-state index in [1.165, 1.54) is 18.0 Å². The molecule has 3 aromatic rings. The number of anilines is 1. The molecule has 1 aromatic heterocycles. The van der Waals surface area contributed by atoms with Crippen LogP contribution in [-0.2, 0) is 4.87 Å². The van der Waals surface area contributed by atoms with Crippen molar-refractivity contribution in [1.29, 1.82) is 5.26 Å². The van der Waals surface area contributed by atoms with Crippen LogP contribution in [0, 0.1) is 23.0 Å². The standard InChI is InChI=1S/C23H19F2N5S/c24-18-7-8-20(25)19(13-18)22-29-30(21-9-12-28-15-16(21)14-27)23(31-22,10-4-11-26)17-5-2-1-3-6-17/h1-3,5-9,12-13,15H,4,10-11,26H2. The molecule has 0 saturated carbocycles. The van der Waals surface area contributed by atoms with Crippen LogP contribution in [-0.4, -0.2) is 16.6 Å². The molecule has 0 amide bonds. The average Bonchev–Trinajstić information content (AvgIpc) is 3.20. The third-order valence-electron chi connectivity index (χ3n) is 5.05. The van der Waals surface area contributed by atoms with E-state index in [2.05, 4.69) is 11.1 Å². The van der Waals surface area contributed by atoms with E-state index in [0.29, 0.717) is 35.7 Å². The highest BCUT2D eigenvalue weighted by Crippen LogP contribution is 2.52. The van der Waals surface area contributed by atoms with E-state index < -0.39 is 16.5 Å². The molecule has 4 rings (SSSR count). The van der Waals surface area contributed by atoms with Crippen molar-refractivity contribution in [2.75, 3.05) is 11.6 Å². The lowest BCUT2D eigenvalue weighted by atomic mass is 9.99. The fourth-order valence-electron chi connectivity index (χ4n) is 3.59. The number of nitriles is 1. The molecule has 2 N–H and O–H groups in total. The average molecular weight is 436 g/mol. The quantitative estimate of drug-likeness (QED) is 0.605. The highest BCUT2D eigenvalue weighted by molar-refractivity contribution is 8.15. The maximum atomic E-state index is 14.6. The maximum absolute atomic E-state index is 14.6. The Balaban J connectivity index is 1.94. The molecule has 0 aliphatic carbocycles. The molecule has 8 heteroatoms. The van der Waals surface area contributed by atoms with Gasteiger partial charge in [-0.15, -0.1) is 0 Å². The summed E-state index contributed by atoms with van der Waals surface area (Å²) >= 11 is 1.33. The van der Waals surface area contributed by atoms with Gasteiger partial charge in [-0.2, -0.15) is 10.4 Å². The number of benzene rings is 2. The lowest BCUT2D eigenvalue weighted by Gasteiger charge is -2.37. The lowest BCUT2D eigenvalue weighted by molar-refractivity contribution is 0.527. The molecular weight excluding hydrogens is 416 g/mol. The number of halogens is 2. The summed E-state index contributed by atoms with van der Waals surface area (Å²) in [4.78, 5) is 3.25. The summed E-state index contributed by atoms with van der Waals surface area (Å²) in [5.41, 5.74) is 7.71. The predicted octanol–water partition coefficient (Wildman–Crippen LogP) is 4.74. The smallest absolute Gasteiger partial charge is 0.139 e. The number of rotatable bonds is 6. The van der Waals surface area contributed by atoms with Crippen molar-refractivity contribution in [3.63, 3.8) is 0 Å². The summed E-state index contributed by atoms with van der Waals surface area (Å²) in [6, 6.07) is 16.8. The van der Waals surface area contributed by atoms with E-state index in [1.54, 1.807) is 17.3 Å². The summed E-state index contributed by atoms with van der Waals surface area (Å²) in [5, 5.41) is 16.4. The fourth-order valence-corrected chi connectivity index (χ4v) is 5.03. The minimum atomic E-state index is -0.790. The van der Waals surface area contributed by atoms with Gasteiger partial charge in [0.2, 0.25) is 0 Å². The first-order valence-corrected chi connectivity index (χ1v) is 10.5. The van der Waals surface area contributed by atoms with Crippen LogP contribution in [0.15, 0.2) is 72.1 Å². The summed E-state index contributed by atoms with van der Waals surface area (Å²) < 4.78 is 28.6. The van der Waals surface area contributed by atoms with Gasteiger partial charge in [-0.25, -0.2) is 13.8 Å². The minimum Gasteiger partial charge on any atom is -0.330 e. The Bertz CT molecular complexity index is 1160. The molecule has 5 nitrogen and oxygen atoms in total. The Morgan fingerprint density at radius 3 is 2.68 bits per heavy atom. The number of thioether (sulfide) groups is 1. The monoisotopic (exact) mass is 435 g/mol.